The van der Waals surface area contributed by atoms with Gasteiger partial charge in [0.1, 0.15) is 18.1 Å². The van der Waals surface area contributed by atoms with Gasteiger partial charge in [0, 0.05) is 17.9 Å². The van der Waals surface area contributed by atoms with Gasteiger partial charge in [-0.1, -0.05) is 19.9 Å². The largest absolute Gasteiger partial charge is 0.497 e. The summed E-state index contributed by atoms with van der Waals surface area (Å²) in [6, 6.07) is 5.60. The number of rotatable bonds is 9. The van der Waals surface area contributed by atoms with Gasteiger partial charge in [0.05, 0.1) is 12.9 Å². The number of nitrogens with two attached hydrogens (primary N) is 1. The van der Waals surface area contributed by atoms with Gasteiger partial charge in [0.2, 0.25) is 0 Å². The van der Waals surface area contributed by atoms with Crippen molar-refractivity contribution in [1.82, 2.24) is 0 Å². The fourth-order valence-corrected chi connectivity index (χ4v) is 2.44. The Hall–Kier alpha value is -1.27. The predicted molar refractivity (Wildman–Crippen MR) is 84.8 cm³/mol. The highest BCUT2D eigenvalue weighted by Gasteiger charge is 2.12. The van der Waals surface area contributed by atoms with Crippen molar-refractivity contribution in [1.29, 1.82) is 0 Å². The maximum atomic E-state index is 11.5. The first-order valence-electron chi connectivity index (χ1n) is 7.17. The van der Waals surface area contributed by atoms with Crippen molar-refractivity contribution in [3.63, 3.8) is 0 Å². The van der Waals surface area contributed by atoms with Crippen LogP contribution in [0.5, 0.6) is 11.5 Å². The lowest BCUT2D eigenvalue weighted by molar-refractivity contribution is 0.332. The molecule has 0 saturated carbocycles. The van der Waals surface area contributed by atoms with Gasteiger partial charge in [0.25, 0.3) is 0 Å². The van der Waals surface area contributed by atoms with Gasteiger partial charge in [-0.15, -0.1) is 0 Å². The molecule has 1 atom stereocenters. The molecule has 0 aliphatic heterocycles. The molecule has 0 aliphatic rings. The molecule has 0 radical (unpaired) electrons. The number of hydrogen-bond acceptors (Lipinski definition) is 5. The molecule has 1 aromatic carbocycles. The van der Waals surface area contributed by atoms with Crippen molar-refractivity contribution in [2.45, 2.75) is 32.7 Å². The van der Waals surface area contributed by atoms with Gasteiger partial charge in [-0.3, -0.25) is 0 Å². The molecule has 0 spiro atoms. The molecule has 6 heteroatoms. The van der Waals surface area contributed by atoms with Crippen LogP contribution in [0.1, 0.15) is 25.8 Å². The third kappa shape index (κ3) is 5.93. The Labute approximate surface area is 127 Å². The Balaban J connectivity index is 2.81. The molecule has 0 bridgehead atoms. The Bertz CT molecular complexity index is 543. The highest BCUT2D eigenvalue weighted by molar-refractivity contribution is 7.91. The molecule has 120 valence electrons. The van der Waals surface area contributed by atoms with Crippen LogP contribution in [-0.4, -0.2) is 39.7 Å². The zero-order valence-corrected chi connectivity index (χ0v) is 13.8. The fraction of sp³-hybridized carbons (Fsp3) is 0.600. The maximum absolute atomic E-state index is 11.5. The summed E-state index contributed by atoms with van der Waals surface area (Å²) in [5, 5.41) is 0. The summed E-state index contributed by atoms with van der Waals surface area (Å²) in [7, 11) is -1.45. The molecule has 2 N–H and O–H groups in total. The second-order valence-corrected chi connectivity index (χ2v) is 7.40. The average molecular weight is 315 g/mol. The zero-order valence-electron chi connectivity index (χ0n) is 13.0. The van der Waals surface area contributed by atoms with E-state index < -0.39 is 9.84 Å². The molecule has 0 fully saturated rings. The number of ether oxygens (including phenoxy) is 2. The molecular formula is C15H25NO4S. The minimum atomic E-state index is -3.03. The van der Waals surface area contributed by atoms with Crippen molar-refractivity contribution in [3.8, 4) is 11.5 Å². The van der Waals surface area contributed by atoms with E-state index in [1.54, 1.807) is 20.1 Å². The molecule has 5 nitrogen and oxygen atoms in total. The van der Waals surface area contributed by atoms with Crippen LogP contribution in [0.4, 0.5) is 0 Å². The topological polar surface area (TPSA) is 78.6 Å². The highest BCUT2D eigenvalue weighted by Crippen LogP contribution is 2.26. The molecule has 1 unspecified atom stereocenters. The SMILES string of the molecule is CCC(N)Cc1ccc(OC)cc1OCCS(=O)(=O)CC. The summed E-state index contributed by atoms with van der Waals surface area (Å²) in [6.45, 7) is 3.80. The number of methoxy groups -OCH3 is 1. The maximum Gasteiger partial charge on any atom is 0.153 e. The van der Waals surface area contributed by atoms with E-state index >= 15 is 0 Å². The lowest BCUT2D eigenvalue weighted by Gasteiger charge is -2.15. The van der Waals surface area contributed by atoms with Crippen LogP contribution in [0.25, 0.3) is 0 Å². The molecular weight excluding hydrogens is 290 g/mol. The Morgan fingerprint density at radius 2 is 2.00 bits per heavy atom. The van der Waals surface area contributed by atoms with Crippen LogP contribution in [0.3, 0.4) is 0 Å². The van der Waals surface area contributed by atoms with Crippen LogP contribution < -0.4 is 15.2 Å². The molecule has 0 saturated heterocycles. The molecule has 0 aromatic heterocycles. The minimum Gasteiger partial charge on any atom is -0.497 e. The van der Waals surface area contributed by atoms with Crippen LogP contribution in [0, 0.1) is 0 Å². The van der Waals surface area contributed by atoms with Crippen molar-refractivity contribution in [2.24, 2.45) is 5.73 Å². The van der Waals surface area contributed by atoms with Gasteiger partial charge in [0.15, 0.2) is 9.84 Å². The zero-order chi connectivity index (χ0) is 15.9. The summed E-state index contributed by atoms with van der Waals surface area (Å²) in [6.07, 6.45) is 1.56. The third-order valence-corrected chi connectivity index (χ3v) is 5.04. The van der Waals surface area contributed by atoms with Crippen LogP contribution in [-0.2, 0) is 16.3 Å². The fourth-order valence-electron chi connectivity index (χ4n) is 1.81. The number of hydrogen-bond donors (Lipinski definition) is 1. The third-order valence-electron chi connectivity index (χ3n) is 3.37. The van der Waals surface area contributed by atoms with Gasteiger partial charge >= 0.3 is 0 Å². The normalized spacial score (nSPS) is 13.0. The summed E-state index contributed by atoms with van der Waals surface area (Å²) >= 11 is 0. The molecule has 1 aromatic rings. The van der Waals surface area contributed by atoms with Crippen molar-refractivity contribution >= 4 is 9.84 Å². The molecule has 1 rings (SSSR count). The Morgan fingerprint density at radius 1 is 1.29 bits per heavy atom. The summed E-state index contributed by atoms with van der Waals surface area (Å²) in [5.41, 5.74) is 6.95. The van der Waals surface area contributed by atoms with E-state index in [1.165, 1.54) is 0 Å². The van der Waals surface area contributed by atoms with Gasteiger partial charge in [-0.25, -0.2) is 8.42 Å². The summed E-state index contributed by atoms with van der Waals surface area (Å²) < 4.78 is 33.8. The van der Waals surface area contributed by atoms with E-state index in [4.69, 9.17) is 15.2 Å². The quantitative estimate of drug-likeness (QED) is 0.751. The first-order chi connectivity index (χ1) is 9.91. The monoisotopic (exact) mass is 315 g/mol. The first kappa shape index (κ1) is 17.8. The van der Waals surface area contributed by atoms with Crippen molar-refractivity contribution in [3.05, 3.63) is 23.8 Å². The molecule has 21 heavy (non-hydrogen) atoms. The van der Waals surface area contributed by atoms with E-state index in [0.29, 0.717) is 17.9 Å². The minimum absolute atomic E-state index is 0.0139. The van der Waals surface area contributed by atoms with Crippen LogP contribution in [0.15, 0.2) is 18.2 Å². The van der Waals surface area contributed by atoms with Gasteiger partial charge in [-0.05, 0) is 24.5 Å². The molecule has 0 amide bonds. The predicted octanol–water partition coefficient (Wildman–Crippen LogP) is 1.79. The van der Waals surface area contributed by atoms with E-state index in [0.717, 1.165) is 12.0 Å². The molecule has 0 heterocycles. The van der Waals surface area contributed by atoms with E-state index in [9.17, 15) is 8.42 Å². The van der Waals surface area contributed by atoms with Gasteiger partial charge in [-0.2, -0.15) is 0 Å². The van der Waals surface area contributed by atoms with Crippen LogP contribution in [0.2, 0.25) is 0 Å². The van der Waals surface area contributed by atoms with Crippen molar-refractivity contribution < 1.29 is 17.9 Å². The Morgan fingerprint density at radius 3 is 2.57 bits per heavy atom. The average Bonchev–Trinajstić information content (AvgIpc) is 2.48. The smallest absolute Gasteiger partial charge is 0.153 e. The van der Waals surface area contributed by atoms with E-state index in [1.807, 2.05) is 19.1 Å². The van der Waals surface area contributed by atoms with E-state index in [-0.39, 0.29) is 24.2 Å². The second-order valence-electron chi connectivity index (χ2n) is 4.93. The first-order valence-corrected chi connectivity index (χ1v) is 8.99. The standard InChI is InChI=1S/C15H25NO4S/c1-4-13(16)10-12-6-7-14(19-3)11-15(12)20-8-9-21(17,18)5-2/h6-7,11,13H,4-5,8-10,16H2,1-3H3. The Kier molecular flexibility index (Phi) is 6.98. The second kappa shape index (κ2) is 8.24. The summed E-state index contributed by atoms with van der Waals surface area (Å²) in [5.74, 6) is 1.46. The van der Waals surface area contributed by atoms with Gasteiger partial charge < -0.3 is 15.2 Å². The lowest BCUT2D eigenvalue weighted by Crippen LogP contribution is -2.22. The van der Waals surface area contributed by atoms with Crippen LogP contribution >= 0.6 is 0 Å². The van der Waals surface area contributed by atoms with E-state index in [2.05, 4.69) is 0 Å². The lowest BCUT2D eigenvalue weighted by atomic mass is 10.0. The highest BCUT2D eigenvalue weighted by atomic mass is 32.2. The molecule has 0 aliphatic carbocycles. The summed E-state index contributed by atoms with van der Waals surface area (Å²) in [4.78, 5) is 0. The number of sulfone groups is 1. The number of benzene rings is 1. The van der Waals surface area contributed by atoms with Crippen molar-refractivity contribution in [2.75, 3.05) is 25.2 Å².